The minimum absolute atomic E-state index is 0.149. The van der Waals surface area contributed by atoms with Crippen LogP contribution >= 0.6 is 27.7 Å². The number of amides is 1. The molecule has 114 valence electrons. The van der Waals surface area contributed by atoms with Gasteiger partial charge in [-0.3, -0.25) is 9.69 Å². The van der Waals surface area contributed by atoms with Gasteiger partial charge in [0.2, 0.25) is 5.91 Å². The van der Waals surface area contributed by atoms with Crippen LogP contribution in [-0.2, 0) is 9.53 Å². The third-order valence-corrected chi connectivity index (χ3v) is 5.61. The van der Waals surface area contributed by atoms with E-state index in [1.165, 1.54) is 5.56 Å². The van der Waals surface area contributed by atoms with E-state index in [2.05, 4.69) is 33.0 Å². The lowest BCUT2D eigenvalue weighted by atomic mass is 10.2. The summed E-state index contributed by atoms with van der Waals surface area (Å²) in [4.78, 5) is 16.6. The molecule has 2 fully saturated rings. The Morgan fingerprint density at radius 3 is 2.86 bits per heavy atom. The van der Waals surface area contributed by atoms with E-state index < -0.39 is 0 Å². The summed E-state index contributed by atoms with van der Waals surface area (Å²) in [5.41, 5.74) is 1.20. The van der Waals surface area contributed by atoms with Crippen LogP contribution in [0.2, 0.25) is 0 Å². The molecule has 1 atom stereocenters. The predicted octanol–water partition coefficient (Wildman–Crippen LogP) is 2.36. The van der Waals surface area contributed by atoms with Crippen LogP contribution in [-0.4, -0.2) is 60.9 Å². The number of morpholine rings is 1. The molecule has 1 aromatic rings. The van der Waals surface area contributed by atoms with E-state index in [1.54, 1.807) is 11.8 Å². The molecule has 6 heteroatoms. The summed E-state index contributed by atoms with van der Waals surface area (Å²) in [5, 5.41) is 0.149. The zero-order valence-corrected chi connectivity index (χ0v) is 14.2. The summed E-state index contributed by atoms with van der Waals surface area (Å²) in [6, 6.07) is 8.26. The van der Waals surface area contributed by atoms with E-state index in [0.29, 0.717) is 5.75 Å². The minimum atomic E-state index is 0.149. The van der Waals surface area contributed by atoms with Crippen molar-refractivity contribution in [1.82, 2.24) is 9.80 Å². The van der Waals surface area contributed by atoms with Crippen LogP contribution in [0.3, 0.4) is 0 Å². The predicted molar refractivity (Wildman–Crippen MR) is 88.3 cm³/mol. The van der Waals surface area contributed by atoms with Gasteiger partial charge in [-0.15, -0.1) is 11.8 Å². The number of halogens is 1. The number of hydrogen-bond acceptors (Lipinski definition) is 4. The van der Waals surface area contributed by atoms with Crippen LogP contribution in [0.25, 0.3) is 0 Å². The first kappa shape index (κ1) is 15.3. The van der Waals surface area contributed by atoms with E-state index in [4.69, 9.17) is 4.74 Å². The molecule has 2 heterocycles. The number of rotatable bonds is 4. The second kappa shape index (κ2) is 7.13. The zero-order valence-electron chi connectivity index (χ0n) is 11.8. The summed E-state index contributed by atoms with van der Waals surface area (Å²) < 4.78 is 6.43. The first-order valence-corrected chi connectivity index (χ1v) is 9.05. The van der Waals surface area contributed by atoms with Crippen molar-refractivity contribution in [1.29, 1.82) is 0 Å². The maximum absolute atomic E-state index is 12.2. The SMILES string of the molecule is O=C1CS[C@@H](c2cccc(Br)c2)N1CCN1CCOCC1. The summed E-state index contributed by atoms with van der Waals surface area (Å²) in [6.07, 6.45) is 0. The highest BCUT2D eigenvalue weighted by molar-refractivity contribution is 9.10. The number of carbonyl (C=O) groups excluding carboxylic acids is 1. The average Bonchev–Trinajstić information content (AvgIpc) is 2.87. The molecule has 0 aromatic heterocycles. The quantitative estimate of drug-likeness (QED) is 0.814. The molecular weight excluding hydrogens is 352 g/mol. The molecular formula is C15H19BrN2O2S. The van der Waals surface area contributed by atoms with Crippen molar-refractivity contribution in [3.05, 3.63) is 34.3 Å². The van der Waals surface area contributed by atoms with Gasteiger partial charge in [0, 0.05) is 30.7 Å². The lowest BCUT2D eigenvalue weighted by molar-refractivity contribution is -0.128. The minimum Gasteiger partial charge on any atom is -0.379 e. The van der Waals surface area contributed by atoms with Crippen molar-refractivity contribution < 1.29 is 9.53 Å². The zero-order chi connectivity index (χ0) is 14.7. The molecule has 21 heavy (non-hydrogen) atoms. The van der Waals surface area contributed by atoms with Gasteiger partial charge in [0.15, 0.2) is 0 Å². The van der Waals surface area contributed by atoms with Gasteiger partial charge < -0.3 is 9.64 Å². The molecule has 4 nitrogen and oxygen atoms in total. The maximum Gasteiger partial charge on any atom is 0.233 e. The third-order valence-electron chi connectivity index (χ3n) is 3.86. The van der Waals surface area contributed by atoms with Gasteiger partial charge in [0.25, 0.3) is 0 Å². The molecule has 0 radical (unpaired) electrons. The highest BCUT2D eigenvalue weighted by atomic mass is 79.9. The van der Waals surface area contributed by atoms with Gasteiger partial charge in [-0.1, -0.05) is 28.1 Å². The molecule has 3 rings (SSSR count). The Kier molecular flexibility index (Phi) is 5.21. The van der Waals surface area contributed by atoms with Crippen LogP contribution in [0, 0.1) is 0 Å². The number of thioether (sulfide) groups is 1. The molecule has 2 aliphatic heterocycles. The molecule has 0 N–H and O–H groups in total. The van der Waals surface area contributed by atoms with Crippen molar-refractivity contribution in [3.63, 3.8) is 0 Å². The molecule has 0 aliphatic carbocycles. The van der Waals surface area contributed by atoms with Crippen LogP contribution in [0.1, 0.15) is 10.9 Å². The van der Waals surface area contributed by atoms with Crippen molar-refractivity contribution >= 4 is 33.6 Å². The van der Waals surface area contributed by atoms with Gasteiger partial charge in [0.1, 0.15) is 5.37 Å². The number of carbonyl (C=O) groups is 1. The second-order valence-corrected chi connectivity index (χ2v) is 7.24. The summed E-state index contributed by atoms with van der Waals surface area (Å²) in [5.74, 6) is 0.832. The van der Waals surface area contributed by atoms with Crippen LogP contribution in [0.15, 0.2) is 28.7 Å². The number of ether oxygens (including phenoxy) is 1. The van der Waals surface area contributed by atoms with Gasteiger partial charge in [-0.2, -0.15) is 0 Å². The summed E-state index contributed by atoms with van der Waals surface area (Å²) >= 11 is 5.23. The molecule has 0 saturated carbocycles. The first-order valence-electron chi connectivity index (χ1n) is 7.21. The third kappa shape index (κ3) is 3.80. The molecule has 0 spiro atoms. The first-order chi connectivity index (χ1) is 10.2. The monoisotopic (exact) mass is 370 g/mol. The van der Waals surface area contributed by atoms with E-state index >= 15 is 0 Å². The molecule has 2 saturated heterocycles. The number of hydrogen-bond donors (Lipinski definition) is 0. The van der Waals surface area contributed by atoms with Crippen LogP contribution in [0.5, 0.6) is 0 Å². The fraction of sp³-hybridized carbons (Fsp3) is 0.533. The number of benzene rings is 1. The van der Waals surface area contributed by atoms with Gasteiger partial charge in [0.05, 0.1) is 19.0 Å². The van der Waals surface area contributed by atoms with Gasteiger partial charge in [-0.05, 0) is 17.7 Å². The largest absolute Gasteiger partial charge is 0.379 e. The summed E-state index contributed by atoms with van der Waals surface area (Å²) in [6.45, 7) is 5.27. The smallest absolute Gasteiger partial charge is 0.233 e. The molecule has 2 aliphatic rings. The van der Waals surface area contributed by atoms with Crippen molar-refractivity contribution in [2.75, 3.05) is 45.1 Å². The van der Waals surface area contributed by atoms with Crippen LogP contribution < -0.4 is 0 Å². The van der Waals surface area contributed by atoms with Crippen LogP contribution in [0.4, 0.5) is 0 Å². The number of nitrogens with zero attached hydrogens (tertiary/aromatic N) is 2. The normalized spacial score (nSPS) is 23.8. The standard InChI is InChI=1S/C15H19BrN2O2S/c16-13-3-1-2-12(10-13)15-18(14(19)11-21-15)5-4-17-6-8-20-9-7-17/h1-3,10,15H,4-9,11H2/t15-/m0/s1. The average molecular weight is 371 g/mol. The highest BCUT2D eigenvalue weighted by Crippen LogP contribution is 2.39. The summed E-state index contributed by atoms with van der Waals surface area (Å²) in [7, 11) is 0. The fourth-order valence-electron chi connectivity index (χ4n) is 2.71. The lowest BCUT2D eigenvalue weighted by Gasteiger charge is -2.30. The van der Waals surface area contributed by atoms with E-state index in [9.17, 15) is 4.79 Å². The molecule has 1 amide bonds. The van der Waals surface area contributed by atoms with E-state index in [1.807, 2.05) is 17.0 Å². The molecule has 0 unspecified atom stereocenters. The lowest BCUT2D eigenvalue weighted by Crippen LogP contribution is -2.42. The van der Waals surface area contributed by atoms with Crippen molar-refractivity contribution in [2.45, 2.75) is 5.37 Å². The van der Waals surface area contributed by atoms with E-state index in [0.717, 1.165) is 43.9 Å². The maximum atomic E-state index is 12.2. The van der Waals surface area contributed by atoms with E-state index in [-0.39, 0.29) is 11.3 Å². The van der Waals surface area contributed by atoms with Gasteiger partial charge >= 0.3 is 0 Å². The Morgan fingerprint density at radius 2 is 2.10 bits per heavy atom. The fourth-order valence-corrected chi connectivity index (χ4v) is 4.33. The topological polar surface area (TPSA) is 32.8 Å². The molecule has 0 bridgehead atoms. The van der Waals surface area contributed by atoms with Crippen molar-refractivity contribution in [3.8, 4) is 0 Å². The molecule has 1 aromatic carbocycles. The van der Waals surface area contributed by atoms with Crippen molar-refractivity contribution in [2.24, 2.45) is 0 Å². The highest BCUT2D eigenvalue weighted by Gasteiger charge is 2.32. The Morgan fingerprint density at radius 1 is 1.29 bits per heavy atom. The second-order valence-electron chi connectivity index (χ2n) is 5.26. The Hall–Kier alpha value is -0.560. The Bertz CT molecular complexity index is 508. The Labute approximate surface area is 137 Å². The van der Waals surface area contributed by atoms with Gasteiger partial charge in [-0.25, -0.2) is 0 Å². The Balaban J connectivity index is 1.65.